The SMILES string of the molecule is CCN1C(=O)c2ccc(NC(=O)CCc3cc(C(C)(C)C)c(O)c(C(C)(C)C)c3)cc2C1=O. The van der Waals surface area contributed by atoms with Crippen molar-refractivity contribution >= 4 is 23.4 Å². The zero-order valence-electron chi connectivity index (χ0n) is 20.6. The fourth-order valence-electron chi connectivity index (χ4n) is 4.12. The standard InChI is InChI=1S/C27H34N2O4/c1-8-29-24(32)18-11-10-17(15-19(18)25(29)33)28-22(30)12-9-16-13-20(26(2,3)4)23(31)21(14-16)27(5,6)7/h10-11,13-15,31H,8-9,12H2,1-7H3,(H,28,30). The largest absolute Gasteiger partial charge is 0.507 e. The van der Waals surface area contributed by atoms with E-state index in [4.69, 9.17) is 0 Å². The van der Waals surface area contributed by atoms with Gasteiger partial charge in [0.25, 0.3) is 11.8 Å². The summed E-state index contributed by atoms with van der Waals surface area (Å²) in [6.07, 6.45) is 0.771. The van der Waals surface area contributed by atoms with E-state index in [1.165, 1.54) is 4.90 Å². The van der Waals surface area contributed by atoms with Crippen LogP contribution in [0.5, 0.6) is 5.75 Å². The van der Waals surface area contributed by atoms with Crippen molar-refractivity contribution in [2.24, 2.45) is 0 Å². The predicted molar refractivity (Wildman–Crippen MR) is 130 cm³/mol. The Morgan fingerprint density at radius 2 is 1.45 bits per heavy atom. The fraction of sp³-hybridized carbons (Fsp3) is 0.444. The minimum Gasteiger partial charge on any atom is -0.507 e. The Morgan fingerprint density at radius 3 is 1.97 bits per heavy atom. The molecule has 6 heteroatoms. The van der Waals surface area contributed by atoms with Crippen molar-refractivity contribution in [3.05, 3.63) is 58.1 Å². The lowest BCUT2D eigenvalue weighted by atomic mass is 9.78. The molecule has 33 heavy (non-hydrogen) atoms. The second-order valence-electron chi connectivity index (χ2n) is 10.7. The maximum Gasteiger partial charge on any atom is 0.261 e. The van der Waals surface area contributed by atoms with Crippen molar-refractivity contribution in [3.63, 3.8) is 0 Å². The van der Waals surface area contributed by atoms with Gasteiger partial charge < -0.3 is 10.4 Å². The van der Waals surface area contributed by atoms with E-state index in [0.29, 0.717) is 35.5 Å². The van der Waals surface area contributed by atoms with Crippen LogP contribution in [0.15, 0.2) is 30.3 Å². The monoisotopic (exact) mass is 450 g/mol. The minimum absolute atomic E-state index is 0.179. The van der Waals surface area contributed by atoms with Gasteiger partial charge in [0.1, 0.15) is 5.75 Å². The number of hydrogen-bond acceptors (Lipinski definition) is 4. The zero-order chi connectivity index (χ0) is 24.7. The third-order valence-corrected chi connectivity index (χ3v) is 6.00. The van der Waals surface area contributed by atoms with E-state index < -0.39 is 0 Å². The normalized spacial score (nSPS) is 14.0. The van der Waals surface area contributed by atoms with Gasteiger partial charge in [-0.1, -0.05) is 53.7 Å². The lowest BCUT2D eigenvalue weighted by Gasteiger charge is -2.28. The molecule has 6 nitrogen and oxygen atoms in total. The van der Waals surface area contributed by atoms with Gasteiger partial charge >= 0.3 is 0 Å². The molecule has 0 atom stereocenters. The summed E-state index contributed by atoms with van der Waals surface area (Å²) < 4.78 is 0. The summed E-state index contributed by atoms with van der Waals surface area (Å²) in [6.45, 7) is 14.4. The number of aryl methyl sites for hydroxylation is 1. The molecule has 2 aromatic rings. The van der Waals surface area contributed by atoms with Crippen molar-refractivity contribution in [2.45, 2.75) is 72.1 Å². The molecular formula is C27H34N2O4. The van der Waals surface area contributed by atoms with Gasteiger partial charge in [0.2, 0.25) is 5.91 Å². The number of amides is 3. The molecular weight excluding hydrogens is 416 g/mol. The number of imide groups is 1. The van der Waals surface area contributed by atoms with Crippen LogP contribution in [0.1, 0.15) is 92.3 Å². The third kappa shape index (κ3) is 4.95. The Kier molecular flexibility index (Phi) is 6.42. The molecule has 1 aliphatic heterocycles. The van der Waals surface area contributed by atoms with E-state index >= 15 is 0 Å². The van der Waals surface area contributed by atoms with Crippen LogP contribution < -0.4 is 5.32 Å². The molecule has 0 saturated heterocycles. The highest BCUT2D eigenvalue weighted by molar-refractivity contribution is 6.21. The number of carbonyl (C=O) groups excluding carboxylic acids is 3. The molecule has 1 aliphatic rings. The van der Waals surface area contributed by atoms with Crippen LogP contribution in [0, 0.1) is 0 Å². The number of aromatic hydroxyl groups is 1. The molecule has 0 saturated carbocycles. The fourth-order valence-corrected chi connectivity index (χ4v) is 4.12. The second kappa shape index (κ2) is 8.65. The van der Waals surface area contributed by atoms with Crippen LogP contribution in [0.3, 0.4) is 0 Å². The average Bonchev–Trinajstić information content (AvgIpc) is 2.94. The van der Waals surface area contributed by atoms with Gasteiger partial charge in [0, 0.05) is 18.7 Å². The molecule has 0 unspecified atom stereocenters. The lowest BCUT2D eigenvalue weighted by molar-refractivity contribution is -0.116. The minimum atomic E-state index is -0.331. The number of fused-ring (bicyclic) bond motifs is 1. The highest BCUT2D eigenvalue weighted by Gasteiger charge is 2.34. The maximum absolute atomic E-state index is 12.7. The van der Waals surface area contributed by atoms with Crippen LogP contribution >= 0.6 is 0 Å². The summed E-state index contributed by atoms with van der Waals surface area (Å²) in [4.78, 5) is 38.5. The number of nitrogens with zero attached hydrogens (tertiary/aromatic N) is 1. The van der Waals surface area contributed by atoms with Gasteiger partial charge in [-0.05, 0) is 59.1 Å². The van der Waals surface area contributed by atoms with Crippen molar-refractivity contribution < 1.29 is 19.5 Å². The number of anilines is 1. The van der Waals surface area contributed by atoms with Crippen LogP contribution in [0.4, 0.5) is 5.69 Å². The summed E-state index contributed by atoms with van der Waals surface area (Å²) >= 11 is 0. The number of nitrogens with one attached hydrogen (secondary N) is 1. The van der Waals surface area contributed by atoms with Crippen molar-refractivity contribution in [1.29, 1.82) is 0 Å². The Hall–Kier alpha value is -3.15. The molecule has 3 amide bonds. The van der Waals surface area contributed by atoms with Gasteiger partial charge in [-0.3, -0.25) is 19.3 Å². The van der Waals surface area contributed by atoms with Crippen molar-refractivity contribution in [1.82, 2.24) is 4.90 Å². The summed E-state index contributed by atoms with van der Waals surface area (Å²) in [5.41, 5.74) is 3.45. The highest BCUT2D eigenvalue weighted by Crippen LogP contribution is 2.40. The number of carbonyl (C=O) groups is 3. The quantitative estimate of drug-likeness (QED) is 0.615. The van der Waals surface area contributed by atoms with E-state index in [0.717, 1.165) is 16.7 Å². The third-order valence-electron chi connectivity index (χ3n) is 6.00. The van der Waals surface area contributed by atoms with Crippen LogP contribution in [0.25, 0.3) is 0 Å². The maximum atomic E-state index is 12.7. The molecule has 2 aromatic carbocycles. The van der Waals surface area contributed by atoms with Crippen LogP contribution in [-0.4, -0.2) is 34.3 Å². The molecule has 2 N–H and O–H groups in total. The predicted octanol–water partition coefficient (Wildman–Crippen LogP) is 5.17. The van der Waals surface area contributed by atoms with Crippen LogP contribution in [-0.2, 0) is 22.0 Å². The molecule has 176 valence electrons. The first-order valence-corrected chi connectivity index (χ1v) is 11.4. The lowest BCUT2D eigenvalue weighted by Crippen LogP contribution is -2.29. The van der Waals surface area contributed by atoms with Gasteiger partial charge in [-0.15, -0.1) is 0 Å². The number of phenolic OH excluding ortho intramolecular Hbond substituents is 1. The van der Waals surface area contributed by atoms with E-state index in [-0.39, 0.29) is 35.0 Å². The number of rotatable bonds is 5. The van der Waals surface area contributed by atoms with E-state index in [1.807, 2.05) is 12.1 Å². The Morgan fingerprint density at radius 1 is 0.909 bits per heavy atom. The van der Waals surface area contributed by atoms with E-state index in [9.17, 15) is 19.5 Å². The average molecular weight is 451 g/mol. The highest BCUT2D eigenvalue weighted by atomic mass is 16.3. The summed E-state index contributed by atoms with van der Waals surface area (Å²) in [7, 11) is 0. The molecule has 0 radical (unpaired) electrons. The molecule has 0 fully saturated rings. The summed E-state index contributed by atoms with van der Waals surface area (Å²) in [5.74, 6) is -0.488. The van der Waals surface area contributed by atoms with Gasteiger partial charge in [0.15, 0.2) is 0 Å². The topological polar surface area (TPSA) is 86.7 Å². The molecule has 0 aromatic heterocycles. The molecule has 3 rings (SSSR count). The van der Waals surface area contributed by atoms with E-state index in [2.05, 4.69) is 46.9 Å². The smallest absolute Gasteiger partial charge is 0.261 e. The molecule has 0 aliphatic carbocycles. The zero-order valence-corrected chi connectivity index (χ0v) is 20.6. The first kappa shape index (κ1) is 24.5. The van der Waals surface area contributed by atoms with Crippen molar-refractivity contribution in [3.8, 4) is 5.75 Å². The summed E-state index contributed by atoms with van der Waals surface area (Å²) in [5, 5.41) is 13.7. The Balaban J connectivity index is 1.77. The van der Waals surface area contributed by atoms with Gasteiger partial charge in [-0.25, -0.2) is 0 Å². The summed E-state index contributed by atoms with van der Waals surface area (Å²) in [6, 6.07) is 8.77. The van der Waals surface area contributed by atoms with Crippen molar-refractivity contribution in [2.75, 3.05) is 11.9 Å². The number of phenols is 1. The van der Waals surface area contributed by atoms with Gasteiger partial charge in [-0.2, -0.15) is 0 Å². The van der Waals surface area contributed by atoms with Gasteiger partial charge in [0.05, 0.1) is 11.1 Å². The number of benzene rings is 2. The second-order valence-corrected chi connectivity index (χ2v) is 10.7. The molecule has 0 spiro atoms. The molecule has 0 bridgehead atoms. The Bertz CT molecular complexity index is 1080. The molecule has 1 heterocycles. The Labute approximate surface area is 196 Å². The van der Waals surface area contributed by atoms with Crippen LogP contribution in [0.2, 0.25) is 0 Å². The first-order chi connectivity index (χ1) is 15.2. The van der Waals surface area contributed by atoms with E-state index in [1.54, 1.807) is 25.1 Å². The number of hydrogen-bond donors (Lipinski definition) is 2. The first-order valence-electron chi connectivity index (χ1n) is 11.4.